The fourth-order valence-corrected chi connectivity index (χ4v) is 3.49. The second-order valence-corrected chi connectivity index (χ2v) is 14.6. The van der Waals surface area contributed by atoms with Crippen molar-refractivity contribution < 1.29 is 17.0 Å². The van der Waals surface area contributed by atoms with Gasteiger partial charge in [-0.25, -0.2) is 0 Å². The van der Waals surface area contributed by atoms with Crippen LogP contribution in [0.4, 0.5) is 0 Å². The Morgan fingerprint density at radius 2 is 1.60 bits per heavy atom. The molecule has 0 aliphatic carbocycles. The van der Waals surface area contributed by atoms with Crippen LogP contribution in [0, 0.1) is 11.8 Å². The highest BCUT2D eigenvalue weighted by Gasteiger charge is 2.36. The molecule has 0 heterocycles. The van der Waals surface area contributed by atoms with Gasteiger partial charge in [0.25, 0.3) is 10.1 Å². The summed E-state index contributed by atoms with van der Waals surface area (Å²) >= 11 is 0. The van der Waals surface area contributed by atoms with Gasteiger partial charge in [-0.2, -0.15) is 8.42 Å². The van der Waals surface area contributed by atoms with Crippen LogP contribution in [0.1, 0.15) is 72.6 Å². The van der Waals surface area contributed by atoms with Crippen molar-refractivity contribution >= 4 is 18.4 Å². The zero-order valence-electron chi connectivity index (χ0n) is 17.3. The number of unbranched alkanes of at least 4 members (excludes halogenated alkanes) is 5. The topological polar surface area (TPSA) is 52.6 Å². The van der Waals surface area contributed by atoms with E-state index in [2.05, 4.69) is 52.6 Å². The molecule has 4 nitrogen and oxygen atoms in total. The first-order chi connectivity index (χ1) is 11.4. The maximum absolute atomic E-state index is 11.4. The van der Waals surface area contributed by atoms with Crippen LogP contribution in [-0.4, -0.2) is 35.7 Å². The van der Waals surface area contributed by atoms with E-state index in [9.17, 15) is 8.42 Å². The first-order valence-electron chi connectivity index (χ1n) is 9.39. The highest BCUT2D eigenvalue weighted by atomic mass is 32.2. The highest BCUT2D eigenvalue weighted by molar-refractivity contribution is 7.86. The van der Waals surface area contributed by atoms with Crippen LogP contribution in [0.5, 0.6) is 0 Å². The van der Waals surface area contributed by atoms with Crippen molar-refractivity contribution in [2.24, 2.45) is 0 Å². The highest BCUT2D eigenvalue weighted by Crippen LogP contribution is 2.36. The lowest BCUT2D eigenvalue weighted by atomic mass is 10.1. The van der Waals surface area contributed by atoms with E-state index in [0.29, 0.717) is 13.0 Å². The maximum Gasteiger partial charge on any atom is 0.265 e. The summed E-state index contributed by atoms with van der Waals surface area (Å²) in [5.74, 6) is 5.92. The first kappa shape index (κ1) is 24.6. The second-order valence-electron chi connectivity index (χ2n) is 8.22. The van der Waals surface area contributed by atoms with Crippen molar-refractivity contribution in [1.82, 2.24) is 0 Å². The maximum atomic E-state index is 11.4. The van der Waals surface area contributed by atoms with E-state index in [4.69, 9.17) is 8.61 Å². The summed E-state index contributed by atoms with van der Waals surface area (Å²) in [6, 6.07) is 0. The summed E-state index contributed by atoms with van der Waals surface area (Å²) in [7, 11) is -5.33. The molecule has 0 aromatic carbocycles. The van der Waals surface area contributed by atoms with Crippen LogP contribution in [0.2, 0.25) is 18.1 Å². The fourth-order valence-electron chi connectivity index (χ4n) is 2.05. The minimum absolute atomic E-state index is 0.135. The molecule has 0 saturated heterocycles. The number of hydrogen-bond acceptors (Lipinski definition) is 4. The predicted molar refractivity (Wildman–Crippen MR) is 109 cm³/mol. The molecule has 0 aliphatic heterocycles. The minimum Gasteiger partial charge on any atom is -0.406 e. The smallest absolute Gasteiger partial charge is 0.265 e. The van der Waals surface area contributed by atoms with E-state index < -0.39 is 24.5 Å². The molecule has 0 amide bonds. The Morgan fingerprint density at radius 3 is 2.12 bits per heavy atom. The van der Waals surface area contributed by atoms with Gasteiger partial charge in [-0.1, -0.05) is 71.6 Å². The Bertz CT molecular complexity index is 524. The van der Waals surface area contributed by atoms with Crippen LogP contribution in [0.3, 0.4) is 0 Å². The molecule has 0 aliphatic rings. The lowest BCUT2D eigenvalue weighted by molar-refractivity contribution is 0.250. The van der Waals surface area contributed by atoms with Crippen LogP contribution in [-0.2, 0) is 18.7 Å². The molecule has 1 unspecified atom stereocenters. The van der Waals surface area contributed by atoms with Crippen molar-refractivity contribution in [2.75, 3.05) is 12.9 Å². The average molecular weight is 391 g/mol. The van der Waals surface area contributed by atoms with Gasteiger partial charge in [0.05, 0.1) is 12.9 Å². The lowest BCUT2D eigenvalue weighted by Gasteiger charge is -2.35. The molecule has 1 atom stereocenters. The average Bonchev–Trinajstić information content (AvgIpc) is 2.44. The Balaban J connectivity index is 4.51. The molecule has 0 aromatic heterocycles. The molecule has 0 radical (unpaired) electrons. The molecular weight excluding hydrogens is 352 g/mol. The largest absolute Gasteiger partial charge is 0.406 e. The summed E-state index contributed by atoms with van der Waals surface area (Å²) < 4.78 is 34.0. The minimum atomic E-state index is -3.50. The van der Waals surface area contributed by atoms with E-state index >= 15 is 0 Å². The predicted octanol–water partition coefficient (Wildman–Crippen LogP) is 5.11. The fraction of sp³-hybridized carbons (Fsp3) is 0.895. The van der Waals surface area contributed by atoms with Crippen LogP contribution in [0.15, 0.2) is 0 Å². The van der Waals surface area contributed by atoms with E-state index in [-0.39, 0.29) is 5.04 Å². The Morgan fingerprint density at radius 1 is 1.04 bits per heavy atom. The third-order valence-corrected chi connectivity index (χ3v) is 9.75. The van der Waals surface area contributed by atoms with Crippen LogP contribution in [0.25, 0.3) is 0 Å². The van der Waals surface area contributed by atoms with Crippen LogP contribution >= 0.6 is 0 Å². The number of hydrogen-bond donors (Lipinski definition) is 0. The Kier molecular flexibility index (Phi) is 11.2. The van der Waals surface area contributed by atoms with Gasteiger partial charge in [-0.3, -0.25) is 4.18 Å². The summed E-state index contributed by atoms with van der Waals surface area (Å²) in [6.07, 6.45) is 8.08. The molecular formula is C19H38O4SSi. The molecule has 0 spiro atoms. The van der Waals surface area contributed by atoms with Gasteiger partial charge in [0.15, 0.2) is 8.32 Å². The van der Waals surface area contributed by atoms with Gasteiger partial charge < -0.3 is 4.43 Å². The van der Waals surface area contributed by atoms with Gasteiger partial charge in [0.1, 0.15) is 6.10 Å². The Hall–Kier alpha value is -0.353. The summed E-state index contributed by atoms with van der Waals surface area (Å²) in [6.45, 7) is 13.4. The SMILES string of the molecule is CCCCCCCCC(C#CCO[Si](C)(C)C(C)(C)C)OS(C)(=O)=O. The third-order valence-electron chi connectivity index (χ3n) is 4.69. The molecule has 0 rings (SSSR count). The summed E-state index contributed by atoms with van der Waals surface area (Å²) in [5, 5.41) is 0.135. The van der Waals surface area contributed by atoms with Crippen molar-refractivity contribution in [3.63, 3.8) is 0 Å². The van der Waals surface area contributed by atoms with E-state index in [0.717, 1.165) is 19.1 Å². The lowest BCUT2D eigenvalue weighted by Crippen LogP contribution is -2.40. The molecule has 0 saturated carbocycles. The molecule has 0 aromatic rings. The normalized spacial score (nSPS) is 14.0. The molecule has 25 heavy (non-hydrogen) atoms. The van der Waals surface area contributed by atoms with Gasteiger partial charge in [0.2, 0.25) is 0 Å². The Labute approximate surface area is 157 Å². The van der Waals surface area contributed by atoms with Crippen molar-refractivity contribution in [3.05, 3.63) is 0 Å². The third kappa shape index (κ3) is 12.6. The zero-order chi connectivity index (χ0) is 19.6. The van der Waals surface area contributed by atoms with Crippen molar-refractivity contribution in [1.29, 1.82) is 0 Å². The summed E-state index contributed by atoms with van der Waals surface area (Å²) in [5.41, 5.74) is 0. The monoisotopic (exact) mass is 390 g/mol. The molecule has 0 bridgehead atoms. The van der Waals surface area contributed by atoms with Crippen LogP contribution < -0.4 is 0 Å². The van der Waals surface area contributed by atoms with Gasteiger partial charge >= 0.3 is 0 Å². The zero-order valence-corrected chi connectivity index (χ0v) is 19.1. The van der Waals surface area contributed by atoms with E-state index in [1.165, 1.54) is 25.7 Å². The molecule has 148 valence electrons. The quantitative estimate of drug-likeness (QED) is 0.213. The number of rotatable bonds is 11. The van der Waals surface area contributed by atoms with Crippen molar-refractivity contribution in [2.45, 2.75) is 96.9 Å². The molecule has 0 fully saturated rings. The summed E-state index contributed by atoms with van der Waals surface area (Å²) in [4.78, 5) is 0. The van der Waals surface area contributed by atoms with Gasteiger partial charge in [-0.15, -0.1) is 0 Å². The molecule has 6 heteroatoms. The molecule has 0 N–H and O–H groups in total. The first-order valence-corrected chi connectivity index (χ1v) is 14.1. The van der Waals surface area contributed by atoms with Crippen molar-refractivity contribution in [3.8, 4) is 11.8 Å². The van der Waals surface area contributed by atoms with Gasteiger partial charge in [-0.05, 0) is 31.0 Å². The van der Waals surface area contributed by atoms with E-state index in [1.54, 1.807) is 0 Å². The van der Waals surface area contributed by atoms with Gasteiger partial charge in [0, 0.05) is 0 Å². The second kappa shape index (κ2) is 11.4. The standard InChI is InChI=1S/C19H38O4SSi/c1-8-9-10-11-12-13-15-18(23-24(5,20)21)16-14-17-22-25(6,7)19(2,3)4/h18H,8-13,15,17H2,1-7H3. The van der Waals surface area contributed by atoms with E-state index in [1.807, 2.05) is 0 Å².